The topological polar surface area (TPSA) is 67.0 Å². The van der Waals surface area contributed by atoms with Gasteiger partial charge in [0.15, 0.2) is 0 Å². The first-order chi connectivity index (χ1) is 10.2. The van der Waals surface area contributed by atoms with Gasteiger partial charge in [0.25, 0.3) is 5.91 Å². The Morgan fingerprint density at radius 3 is 2.90 bits per heavy atom. The van der Waals surface area contributed by atoms with E-state index in [2.05, 4.69) is 15.5 Å². The van der Waals surface area contributed by atoms with Crippen molar-refractivity contribution in [3.63, 3.8) is 0 Å². The summed E-state index contributed by atoms with van der Waals surface area (Å²) >= 11 is 0. The second-order valence-corrected chi connectivity index (χ2v) is 5.46. The molecule has 0 atom stereocenters. The molecule has 0 radical (unpaired) electrons. The van der Waals surface area contributed by atoms with E-state index >= 15 is 0 Å². The highest BCUT2D eigenvalue weighted by Gasteiger charge is 2.26. The zero-order chi connectivity index (χ0) is 14.8. The molecule has 1 heterocycles. The maximum absolute atomic E-state index is 12.1. The van der Waals surface area contributed by atoms with Crippen LogP contribution in [0.2, 0.25) is 0 Å². The molecule has 110 valence electrons. The van der Waals surface area contributed by atoms with E-state index in [1.165, 1.54) is 12.8 Å². The number of nitrogens with zero attached hydrogens (tertiary/aromatic N) is 1. The Kier molecular flexibility index (Phi) is 3.64. The predicted molar refractivity (Wildman–Crippen MR) is 79.5 cm³/mol. The van der Waals surface area contributed by atoms with E-state index in [9.17, 15) is 4.79 Å². The fraction of sp³-hybridized carbons (Fsp3) is 0.375. The number of hydrogen-bond acceptors (Lipinski definition) is 3. The van der Waals surface area contributed by atoms with E-state index < -0.39 is 0 Å². The molecule has 0 spiro atoms. The van der Waals surface area contributed by atoms with Crippen LogP contribution in [-0.4, -0.2) is 23.2 Å². The minimum Gasteiger partial charge on any atom is -0.496 e. The molecule has 1 aliphatic rings. The number of aryl methyl sites for hydroxylation is 1. The first-order valence-electron chi connectivity index (χ1n) is 7.14. The van der Waals surface area contributed by atoms with Gasteiger partial charge in [-0.25, -0.2) is 0 Å². The van der Waals surface area contributed by atoms with Crippen molar-refractivity contribution in [1.82, 2.24) is 15.5 Å². The maximum Gasteiger partial charge on any atom is 0.251 e. The first kappa shape index (κ1) is 13.7. The van der Waals surface area contributed by atoms with Crippen LogP contribution in [0.3, 0.4) is 0 Å². The molecule has 1 amide bonds. The molecular formula is C16H19N3O2. The lowest BCUT2D eigenvalue weighted by molar-refractivity contribution is 0.0950. The van der Waals surface area contributed by atoms with E-state index in [0.29, 0.717) is 18.0 Å². The zero-order valence-electron chi connectivity index (χ0n) is 12.3. The third-order valence-electron chi connectivity index (χ3n) is 3.74. The molecule has 0 aliphatic heterocycles. The summed E-state index contributed by atoms with van der Waals surface area (Å²) in [7, 11) is 1.62. The number of nitrogens with one attached hydrogen (secondary N) is 2. The number of benzene rings is 1. The van der Waals surface area contributed by atoms with Crippen molar-refractivity contribution < 1.29 is 9.53 Å². The third-order valence-corrected chi connectivity index (χ3v) is 3.74. The standard InChI is InChI=1S/C16H19N3O2/c1-10-7-12(5-6-15(10)21-2)16(20)17-9-13-8-14(19-18-13)11-3-4-11/h5-8,11H,3-4,9H2,1-2H3,(H,17,20)(H,18,19). The number of methoxy groups -OCH3 is 1. The number of aromatic nitrogens is 2. The summed E-state index contributed by atoms with van der Waals surface area (Å²) in [5, 5.41) is 10.2. The van der Waals surface area contributed by atoms with Gasteiger partial charge in [0.1, 0.15) is 5.75 Å². The summed E-state index contributed by atoms with van der Waals surface area (Å²) in [5.74, 6) is 1.31. The van der Waals surface area contributed by atoms with Gasteiger partial charge >= 0.3 is 0 Å². The number of carbonyl (C=O) groups excluding carboxylic acids is 1. The Hall–Kier alpha value is -2.30. The number of carbonyl (C=O) groups is 1. The number of ether oxygens (including phenoxy) is 1. The van der Waals surface area contributed by atoms with E-state index in [4.69, 9.17) is 4.74 Å². The second kappa shape index (κ2) is 5.60. The van der Waals surface area contributed by atoms with Gasteiger partial charge in [-0.3, -0.25) is 9.89 Å². The smallest absolute Gasteiger partial charge is 0.251 e. The summed E-state index contributed by atoms with van der Waals surface area (Å²) in [5.41, 5.74) is 3.63. The van der Waals surface area contributed by atoms with E-state index in [1.54, 1.807) is 13.2 Å². The third kappa shape index (κ3) is 3.07. The summed E-state index contributed by atoms with van der Waals surface area (Å²) < 4.78 is 5.20. The van der Waals surface area contributed by atoms with Crippen LogP contribution in [0.1, 0.15) is 46.1 Å². The van der Waals surface area contributed by atoms with Gasteiger partial charge in [-0.1, -0.05) is 0 Å². The maximum atomic E-state index is 12.1. The lowest BCUT2D eigenvalue weighted by Crippen LogP contribution is -2.23. The SMILES string of the molecule is COc1ccc(C(=O)NCc2cc(C3CC3)n[nH]2)cc1C. The van der Waals surface area contributed by atoms with Crippen molar-refractivity contribution in [1.29, 1.82) is 0 Å². The Labute approximate surface area is 123 Å². The van der Waals surface area contributed by atoms with Crippen LogP contribution in [0.5, 0.6) is 5.75 Å². The molecule has 1 aromatic heterocycles. The van der Waals surface area contributed by atoms with Crippen LogP contribution in [0.25, 0.3) is 0 Å². The minimum absolute atomic E-state index is 0.0941. The van der Waals surface area contributed by atoms with E-state index in [1.807, 2.05) is 25.1 Å². The van der Waals surface area contributed by atoms with Crippen molar-refractivity contribution in [3.8, 4) is 5.75 Å². The van der Waals surface area contributed by atoms with Crippen LogP contribution in [0, 0.1) is 6.92 Å². The van der Waals surface area contributed by atoms with Crippen molar-refractivity contribution in [3.05, 3.63) is 46.8 Å². The van der Waals surface area contributed by atoms with Crippen LogP contribution < -0.4 is 10.1 Å². The zero-order valence-corrected chi connectivity index (χ0v) is 12.3. The quantitative estimate of drug-likeness (QED) is 0.887. The van der Waals surface area contributed by atoms with Crippen LogP contribution >= 0.6 is 0 Å². The molecule has 5 heteroatoms. The average molecular weight is 285 g/mol. The normalized spacial score (nSPS) is 14.0. The second-order valence-electron chi connectivity index (χ2n) is 5.46. The summed E-state index contributed by atoms with van der Waals surface area (Å²) in [6, 6.07) is 7.45. The number of amides is 1. The summed E-state index contributed by atoms with van der Waals surface area (Å²) in [6.07, 6.45) is 2.45. The van der Waals surface area contributed by atoms with Crippen LogP contribution in [-0.2, 0) is 6.54 Å². The van der Waals surface area contributed by atoms with Crippen molar-refractivity contribution in [2.75, 3.05) is 7.11 Å². The molecule has 1 aliphatic carbocycles. The van der Waals surface area contributed by atoms with Gasteiger partial charge in [-0.15, -0.1) is 0 Å². The van der Waals surface area contributed by atoms with Gasteiger partial charge in [0.05, 0.1) is 25.0 Å². The number of hydrogen-bond donors (Lipinski definition) is 2. The molecule has 5 nitrogen and oxygen atoms in total. The molecule has 1 saturated carbocycles. The Bertz CT molecular complexity index is 659. The highest BCUT2D eigenvalue weighted by Crippen LogP contribution is 2.38. The lowest BCUT2D eigenvalue weighted by Gasteiger charge is -2.07. The highest BCUT2D eigenvalue weighted by atomic mass is 16.5. The van der Waals surface area contributed by atoms with Crippen molar-refractivity contribution in [2.24, 2.45) is 0 Å². The molecule has 3 rings (SSSR count). The van der Waals surface area contributed by atoms with Crippen molar-refractivity contribution in [2.45, 2.75) is 32.2 Å². The fourth-order valence-corrected chi connectivity index (χ4v) is 2.36. The fourth-order valence-electron chi connectivity index (χ4n) is 2.36. The lowest BCUT2D eigenvalue weighted by atomic mass is 10.1. The van der Waals surface area contributed by atoms with E-state index in [-0.39, 0.29) is 5.91 Å². The van der Waals surface area contributed by atoms with Crippen LogP contribution in [0.15, 0.2) is 24.3 Å². The molecule has 1 fully saturated rings. The minimum atomic E-state index is -0.0941. The van der Waals surface area contributed by atoms with Gasteiger partial charge in [-0.05, 0) is 49.6 Å². The van der Waals surface area contributed by atoms with Crippen LogP contribution in [0.4, 0.5) is 0 Å². The molecule has 21 heavy (non-hydrogen) atoms. The largest absolute Gasteiger partial charge is 0.496 e. The molecule has 1 aromatic carbocycles. The Morgan fingerprint density at radius 1 is 1.43 bits per heavy atom. The van der Waals surface area contributed by atoms with E-state index in [0.717, 1.165) is 22.7 Å². The van der Waals surface area contributed by atoms with Gasteiger partial charge in [0.2, 0.25) is 0 Å². The molecular weight excluding hydrogens is 266 g/mol. The number of H-pyrrole nitrogens is 1. The summed E-state index contributed by atoms with van der Waals surface area (Å²) in [6.45, 7) is 2.38. The number of aromatic amines is 1. The van der Waals surface area contributed by atoms with Gasteiger partial charge in [-0.2, -0.15) is 5.10 Å². The molecule has 2 aromatic rings. The Balaban J connectivity index is 1.61. The highest BCUT2D eigenvalue weighted by molar-refractivity contribution is 5.94. The van der Waals surface area contributed by atoms with Crippen molar-refractivity contribution >= 4 is 5.91 Å². The Morgan fingerprint density at radius 2 is 2.24 bits per heavy atom. The summed E-state index contributed by atoms with van der Waals surface area (Å²) in [4.78, 5) is 12.1. The van der Waals surface area contributed by atoms with Gasteiger partial charge < -0.3 is 10.1 Å². The van der Waals surface area contributed by atoms with Gasteiger partial charge in [0, 0.05) is 11.5 Å². The number of rotatable bonds is 5. The molecule has 0 bridgehead atoms. The molecule has 0 unspecified atom stereocenters. The molecule has 0 saturated heterocycles. The predicted octanol–water partition coefficient (Wildman–Crippen LogP) is 2.53. The molecule has 2 N–H and O–H groups in total. The first-order valence-corrected chi connectivity index (χ1v) is 7.14. The average Bonchev–Trinajstić information content (AvgIpc) is 3.23. The monoisotopic (exact) mass is 285 g/mol.